The average molecular weight is 420 g/mol. The van der Waals surface area contributed by atoms with Gasteiger partial charge in [-0.05, 0) is 48.2 Å². The zero-order valence-corrected chi connectivity index (χ0v) is 17.3. The van der Waals surface area contributed by atoms with E-state index in [0.717, 1.165) is 17.7 Å². The molecule has 6 nitrogen and oxygen atoms in total. The molecule has 0 aliphatic carbocycles. The van der Waals surface area contributed by atoms with Crippen LogP contribution in [-0.4, -0.2) is 22.6 Å². The minimum Gasteiger partial charge on any atom is -0.360 e. The van der Waals surface area contributed by atoms with Crippen LogP contribution in [0, 0.1) is 18.7 Å². The molecule has 0 radical (unpaired) electrons. The van der Waals surface area contributed by atoms with Crippen LogP contribution in [-0.2, 0) is 9.59 Å². The average Bonchev–Trinajstić information content (AvgIpc) is 3.29. The van der Waals surface area contributed by atoms with Crippen LogP contribution in [0.25, 0.3) is 0 Å². The Hall–Kier alpha value is -3.61. The van der Waals surface area contributed by atoms with Crippen LogP contribution >= 0.6 is 0 Å². The van der Waals surface area contributed by atoms with Crippen molar-refractivity contribution < 1.29 is 23.3 Å². The minimum absolute atomic E-state index is 0.162. The van der Waals surface area contributed by atoms with Gasteiger partial charge in [0, 0.05) is 11.6 Å². The Bertz CT molecular complexity index is 1150. The fourth-order valence-electron chi connectivity index (χ4n) is 3.86. The highest BCUT2D eigenvalue weighted by Gasteiger charge is 2.53. The van der Waals surface area contributed by atoms with Gasteiger partial charge >= 0.3 is 0 Å². The van der Waals surface area contributed by atoms with Crippen molar-refractivity contribution >= 4 is 23.3 Å². The van der Waals surface area contributed by atoms with Crippen molar-refractivity contribution in [2.75, 3.05) is 4.90 Å². The molecule has 1 aliphatic heterocycles. The Balaban J connectivity index is 1.83. The Morgan fingerprint density at radius 3 is 2.26 bits per heavy atom. The largest absolute Gasteiger partial charge is 0.360 e. The molecule has 1 saturated heterocycles. The second-order valence-corrected chi connectivity index (χ2v) is 7.95. The van der Waals surface area contributed by atoms with E-state index >= 15 is 0 Å². The van der Waals surface area contributed by atoms with Crippen LogP contribution in [0.4, 0.5) is 10.2 Å². The van der Waals surface area contributed by atoms with E-state index in [4.69, 9.17) is 4.52 Å². The highest BCUT2D eigenvalue weighted by atomic mass is 19.1. The molecule has 1 amide bonds. The summed E-state index contributed by atoms with van der Waals surface area (Å²) < 4.78 is 18.4. The number of carbonyl (C=O) groups is 3. The Morgan fingerprint density at radius 2 is 1.71 bits per heavy atom. The van der Waals surface area contributed by atoms with Crippen molar-refractivity contribution in [3.05, 3.63) is 82.9 Å². The minimum atomic E-state index is -1.28. The molecule has 3 aromatic rings. The van der Waals surface area contributed by atoms with Gasteiger partial charge in [0.2, 0.25) is 5.78 Å². The molecule has 0 bridgehead atoms. The molecule has 1 fully saturated rings. The lowest BCUT2D eigenvalue weighted by Crippen LogP contribution is -2.31. The number of carbonyl (C=O) groups excluding carboxylic acids is 3. The molecule has 2 heterocycles. The molecule has 4 rings (SSSR count). The molecule has 1 aliphatic rings. The van der Waals surface area contributed by atoms with E-state index < -0.39 is 35.3 Å². The molecular weight excluding hydrogens is 399 g/mol. The van der Waals surface area contributed by atoms with Crippen molar-refractivity contribution in [1.29, 1.82) is 0 Å². The van der Waals surface area contributed by atoms with Gasteiger partial charge in [0.05, 0.1) is 6.04 Å². The maximum atomic E-state index is 13.3. The van der Waals surface area contributed by atoms with Crippen molar-refractivity contribution in [3.63, 3.8) is 0 Å². The van der Waals surface area contributed by atoms with E-state index in [-0.39, 0.29) is 11.4 Å². The first-order chi connectivity index (χ1) is 14.8. The molecule has 7 heteroatoms. The molecular formula is C24H21FN2O4. The number of halogens is 1. The third-order valence-electron chi connectivity index (χ3n) is 5.52. The first kappa shape index (κ1) is 20.7. The number of amides is 1. The summed E-state index contributed by atoms with van der Waals surface area (Å²) >= 11 is 0. The van der Waals surface area contributed by atoms with Crippen LogP contribution in [0.5, 0.6) is 0 Å². The summed E-state index contributed by atoms with van der Waals surface area (Å²) in [7, 11) is 0. The number of hydrogen-bond acceptors (Lipinski definition) is 5. The maximum Gasteiger partial charge on any atom is 0.297 e. The number of rotatable bonds is 5. The zero-order chi connectivity index (χ0) is 22.3. The lowest BCUT2D eigenvalue weighted by molar-refractivity contribution is -0.135. The lowest BCUT2D eigenvalue weighted by atomic mass is 9.85. The summed E-state index contributed by atoms with van der Waals surface area (Å²) in [4.78, 5) is 40.5. The number of benzene rings is 2. The van der Waals surface area contributed by atoms with E-state index in [2.05, 4.69) is 19.0 Å². The molecule has 0 spiro atoms. The molecule has 158 valence electrons. The summed E-state index contributed by atoms with van der Waals surface area (Å²) in [6.45, 7) is 5.79. The van der Waals surface area contributed by atoms with Gasteiger partial charge in [-0.3, -0.25) is 19.3 Å². The van der Waals surface area contributed by atoms with Crippen LogP contribution in [0.3, 0.4) is 0 Å². The van der Waals surface area contributed by atoms with Crippen LogP contribution in [0.1, 0.15) is 53.1 Å². The summed E-state index contributed by atoms with van der Waals surface area (Å²) in [5.41, 5.74) is 1.88. The summed E-state index contributed by atoms with van der Waals surface area (Å²) in [5.74, 6) is -3.03. The topological polar surface area (TPSA) is 80.5 Å². The Kier molecular flexibility index (Phi) is 5.27. The van der Waals surface area contributed by atoms with Crippen LogP contribution in [0.2, 0.25) is 0 Å². The molecule has 2 aromatic carbocycles. The lowest BCUT2D eigenvalue weighted by Gasteiger charge is -2.25. The quantitative estimate of drug-likeness (QED) is 0.347. The highest BCUT2D eigenvalue weighted by Crippen LogP contribution is 2.41. The fourth-order valence-corrected chi connectivity index (χ4v) is 3.86. The first-order valence-electron chi connectivity index (χ1n) is 9.98. The van der Waals surface area contributed by atoms with Crippen molar-refractivity contribution in [1.82, 2.24) is 5.16 Å². The van der Waals surface area contributed by atoms with Gasteiger partial charge in [-0.25, -0.2) is 4.39 Å². The summed E-state index contributed by atoms with van der Waals surface area (Å²) in [6, 6.07) is 13.1. The SMILES string of the molecule is Cc1cc(N2C(=O)C(=O)C(C(=O)c3ccc(F)cc3)C2c2ccc(C(C)C)cc2)no1. The molecule has 2 atom stereocenters. The number of ketones is 2. The number of aryl methyl sites for hydroxylation is 1. The van der Waals surface area contributed by atoms with Gasteiger partial charge in [0.1, 0.15) is 17.5 Å². The molecule has 31 heavy (non-hydrogen) atoms. The molecule has 1 aromatic heterocycles. The first-order valence-corrected chi connectivity index (χ1v) is 9.98. The van der Waals surface area contributed by atoms with Crippen molar-refractivity contribution in [2.45, 2.75) is 32.7 Å². The zero-order valence-electron chi connectivity index (χ0n) is 17.3. The van der Waals surface area contributed by atoms with E-state index in [9.17, 15) is 18.8 Å². The predicted molar refractivity (Wildman–Crippen MR) is 111 cm³/mol. The Labute approximate surface area is 178 Å². The summed E-state index contributed by atoms with van der Waals surface area (Å²) in [6.07, 6.45) is 0. The van der Waals surface area contributed by atoms with Gasteiger partial charge < -0.3 is 4.52 Å². The van der Waals surface area contributed by atoms with Gasteiger partial charge in [0.15, 0.2) is 11.6 Å². The van der Waals surface area contributed by atoms with Crippen molar-refractivity contribution in [2.24, 2.45) is 5.92 Å². The van der Waals surface area contributed by atoms with E-state index in [1.165, 1.54) is 17.0 Å². The molecule has 0 N–H and O–H groups in total. The molecule has 0 saturated carbocycles. The smallest absolute Gasteiger partial charge is 0.297 e. The highest BCUT2D eigenvalue weighted by molar-refractivity contribution is 6.48. The monoisotopic (exact) mass is 420 g/mol. The maximum absolute atomic E-state index is 13.3. The second-order valence-electron chi connectivity index (χ2n) is 7.95. The van der Waals surface area contributed by atoms with Gasteiger partial charge in [-0.1, -0.05) is 43.3 Å². The normalized spacial score (nSPS) is 18.8. The molecule has 2 unspecified atom stereocenters. The van der Waals surface area contributed by atoms with Crippen LogP contribution in [0.15, 0.2) is 59.1 Å². The summed E-state index contributed by atoms with van der Waals surface area (Å²) in [5, 5.41) is 3.90. The Morgan fingerprint density at radius 1 is 1.06 bits per heavy atom. The number of nitrogens with zero attached hydrogens (tertiary/aromatic N) is 2. The van der Waals surface area contributed by atoms with Crippen LogP contribution < -0.4 is 4.90 Å². The fraction of sp³-hybridized carbons (Fsp3) is 0.250. The van der Waals surface area contributed by atoms with Crippen molar-refractivity contribution in [3.8, 4) is 0 Å². The number of aromatic nitrogens is 1. The third-order valence-corrected chi connectivity index (χ3v) is 5.52. The van der Waals surface area contributed by atoms with Gasteiger partial charge in [-0.2, -0.15) is 0 Å². The van der Waals surface area contributed by atoms with E-state index in [1.807, 2.05) is 24.3 Å². The number of anilines is 1. The predicted octanol–water partition coefficient (Wildman–Crippen LogP) is 4.40. The second kappa shape index (κ2) is 7.91. The number of Topliss-reactive ketones (excluding diaryl/α,β-unsaturated/α-hetero) is 2. The van der Waals surface area contributed by atoms with Gasteiger partial charge in [-0.15, -0.1) is 0 Å². The van der Waals surface area contributed by atoms with E-state index in [1.54, 1.807) is 13.0 Å². The van der Waals surface area contributed by atoms with E-state index in [0.29, 0.717) is 17.2 Å². The standard InChI is InChI=1S/C24H21FN2O4/c1-13(2)15-4-6-16(7-5-15)21-20(22(28)17-8-10-18(25)11-9-17)23(29)24(30)27(21)19-12-14(3)31-26-19/h4-13,20-21H,1-3H3. The number of hydrogen-bond donors (Lipinski definition) is 0. The third kappa shape index (κ3) is 3.67. The van der Waals surface area contributed by atoms with Gasteiger partial charge in [0.25, 0.3) is 5.91 Å².